The number of aromatic nitrogens is 1. The van der Waals surface area contributed by atoms with E-state index in [1.165, 1.54) is 19.1 Å². The minimum absolute atomic E-state index is 0.00845. The van der Waals surface area contributed by atoms with Gasteiger partial charge < -0.3 is 4.74 Å². The average Bonchev–Trinajstić information content (AvgIpc) is 2.67. The molecule has 0 N–H and O–H groups in total. The van der Waals surface area contributed by atoms with Gasteiger partial charge >= 0.3 is 6.18 Å². The molecule has 1 saturated heterocycles. The highest BCUT2D eigenvalue weighted by molar-refractivity contribution is 7.92. The second-order valence-corrected chi connectivity index (χ2v) is 11.9. The highest BCUT2D eigenvalue weighted by Crippen LogP contribution is 2.42. The molecule has 2 atom stereocenters. The van der Waals surface area contributed by atoms with Crippen molar-refractivity contribution in [3.63, 3.8) is 0 Å². The number of alkyl halides is 3. The van der Waals surface area contributed by atoms with Crippen LogP contribution in [0.15, 0.2) is 52.4 Å². The number of hydrogen-bond acceptors (Lipinski definition) is 6. The quantitative estimate of drug-likeness (QED) is 0.688. The topological polar surface area (TPSA) is 90.4 Å². The van der Waals surface area contributed by atoms with Crippen molar-refractivity contribution in [1.82, 2.24) is 4.98 Å². The lowest BCUT2D eigenvalue weighted by Gasteiger charge is -2.37. The summed E-state index contributed by atoms with van der Waals surface area (Å²) >= 11 is 0. The summed E-state index contributed by atoms with van der Waals surface area (Å²) in [5, 5.41) is -0.632. The highest BCUT2D eigenvalue weighted by atomic mass is 32.2. The van der Waals surface area contributed by atoms with Gasteiger partial charge in [-0.2, -0.15) is 13.2 Å². The number of ether oxygens (including phenoxy) is 1. The first kappa shape index (κ1) is 22.7. The standard InChI is InChI=1S/C19H20F3NO5S2/c1-18(30(26,27)17-5-3-4-16(23-17)19(20,21)22)10-11-28-15(12-18)13-6-8-14(9-7-13)29(2,24)25/h3-9,15H,10-12H2,1-2H3. The number of rotatable bonds is 4. The molecule has 2 aromatic rings. The fraction of sp³-hybridized carbons (Fsp3) is 0.421. The van der Waals surface area contributed by atoms with Crippen LogP contribution in [0.1, 0.15) is 37.1 Å². The van der Waals surface area contributed by atoms with Crippen molar-refractivity contribution in [3.8, 4) is 0 Å². The average molecular weight is 463 g/mol. The molecule has 1 aromatic heterocycles. The van der Waals surface area contributed by atoms with E-state index < -0.39 is 47.4 Å². The van der Waals surface area contributed by atoms with Gasteiger partial charge in [-0.3, -0.25) is 0 Å². The van der Waals surface area contributed by atoms with Crippen LogP contribution in [0.3, 0.4) is 0 Å². The largest absolute Gasteiger partial charge is 0.433 e. The molecule has 164 valence electrons. The van der Waals surface area contributed by atoms with Crippen molar-refractivity contribution in [1.29, 1.82) is 0 Å². The molecule has 0 bridgehead atoms. The number of benzene rings is 1. The maximum absolute atomic E-state index is 13.2. The van der Waals surface area contributed by atoms with Gasteiger partial charge in [-0.1, -0.05) is 18.2 Å². The smallest absolute Gasteiger partial charge is 0.373 e. The molecule has 1 aromatic carbocycles. The summed E-state index contributed by atoms with van der Waals surface area (Å²) in [5.41, 5.74) is -0.687. The zero-order valence-corrected chi connectivity index (χ0v) is 17.8. The van der Waals surface area contributed by atoms with Crippen molar-refractivity contribution in [2.24, 2.45) is 0 Å². The number of hydrogen-bond donors (Lipinski definition) is 0. The summed E-state index contributed by atoms with van der Waals surface area (Å²) in [4.78, 5) is 3.47. The van der Waals surface area contributed by atoms with Crippen molar-refractivity contribution in [2.45, 2.75) is 46.7 Å². The third-order valence-corrected chi connectivity index (χ3v) is 8.76. The van der Waals surface area contributed by atoms with Crippen LogP contribution in [0.25, 0.3) is 0 Å². The first-order valence-electron chi connectivity index (χ1n) is 8.95. The van der Waals surface area contributed by atoms with E-state index in [1.54, 1.807) is 12.1 Å². The first-order valence-corrected chi connectivity index (χ1v) is 12.3. The van der Waals surface area contributed by atoms with Crippen molar-refractivity contribution < 1.29 is 34.7 Å². The molecule has 0 amide bonds. The van der Waals surface area contributed by atoms with E-state index in [1.807, 2.05) is 0 Å². The van der Waals surface area contributed by atoms with Crippen molar-refractivity contribution in [2.75, 3.05) is 12.9 Å². The zero-order valence-electron chi connectivity index (χ0n) is 16.2. The predicted octanol–water partition coefficient (Wildman–Crippen LogP) is 3.59. The molecule has 0 radical (unpaired) electrons. The van der Waals surface area contributed by atoms with E-state index in [2.05, 4.69) is 4.98 Å². The van der Waals surface area contributed by atoms with Crippen LogP contribution in [0, 0.1) is 0 Å². The first-order chi connectivity index (χ1) is 13.7. The predicted molar refractivity (Wildman–Crippen MR) is 102 cm³/mol. The minimum atomic E-state index is -4.76. The Morgan fingerprint density at radius 1 is 1.07 bits per heavy atom. The number of nitrogens with zero attached hydrogens (tertiary/aromatic N) is 1. The molecule has 6 nitrogen and oxygen atoms in total. The summed E-state index contributed by atoms with van der Waals surface area (Å²) in [6.07, 6.45) is -4.26. The highest BCUT2D eigenvalue weighted by Gasteiger charge is 2.46. The SMILES string of the molecule is CC1(S(=O)(=O)c2cccc(C(F)(F)F)n2)CCOC(c2ccc(S(C)(=O)=O)cc2)C1. The zero-order chi connectivity index (χ0) is 22.4. The Labute approximate surface area is 172 Å². The van der Waals surface area contributed by atoms with E-state index in [0.29, 0.717) is 5.56 Å². The molecule has 0 saturated carbocycles. The molecule has 1 aliphatic rings. The summed E-state index contributed by atoms with van der Waals surface area (Å²) in [6, 6.07) is 8.70. The Morgan fingerprint density at radius 2 is 1.70 bits per heavy atom. The molecule has 30 heavy (non-hydrogen) atoms. The molecular formula is C19H20F3NO5S2. The van der Waals surface area contributed by atoms with Crippen molar-refractivity contribution >= 4 is 19.7 Å². The molecule has 11 heteroatoms. The number of sulfone groups is 2. The van der Waals surface area contributed by atoms with Crippen LogP contribution >= 0.6 is 0 Å². The summed E-state index contributed by atoms with van der Waals surface area (Å²) in [6.45, 7) is 1.54. The second-order valence-electron chi connectivity index (χ2n) is 7.47. The lowest BCUT2D eigenvalue weighted by atomic mass is 9.92. The fourth-order valence-corrected chi connectivity index (χ4v) is 5.67. The maximum Gasteiger partial charge on any atom is 0.433 e. The fourth-order valence-electron chi connectivity index (χ4n) is 3.33. The van der Waals surface area contributed by atoms with Crippen LogP contribution in [0.5, 0.6) is 0 Å². The van der Waals surface area contributed by atoms with Crippen LogP contribution in [-0.2, 0) is 30.6 Å². The molecule has 0 spiro atoms. The van der Waals surface area contributed by atoms with Gasteiger partial charge in [-0.25, -0.2) is 21.8 Å². The molecule has 0 aliphatic carbocycles. The normalized spacial score (nSPS) is 23.3. The summed E-state index contributed by atoms with van der Waals surface area (Å²) in [7, 11) is -7.59. The van der Waals surface area contributed by atoms with Gasteiger partial charge in [-0.05, 0) is 49.6 Å². The van der Waals surface area contributed by atoms with E-state index in [-0.39, 0.29) is 24.3 Å². The molecule has 3 rings (SSSR count). The molecule has 2 heterocycles. The summed E-state index contributed by atoms with van der Waals surface area (Å²) in [5.74, 6) is 0. The van der Waals surface area contributed by atoms with Crippen LogP contribution < -0.4 is 0 Å². The van der Waals surface area contributed by atoms with E-state index in [9.17, 15) is 30.0 Å². The molecular weight excluding hydrogens is 443 g/mol. The Hall–Kier alpha value is -1.98. The van der Waals surface area contributed by atoms with Gasteiger partial charge in [0.05, 0.1) is 15.7 Å². The third kappa shape index (κ3) is 4.37. The minimum Gasteiger partial charge on any atom is -0.373 e. The monoisotopic (exact) mass is 463 g/mol. The number of pyridine rings is 1. The Bertz CT molecular complexity index is 1150. The van der Waals surface area contributed by atoms with Gasteiger partial charge in [-0.15, -0.1) is 0 Å². The molecule has 1 aliphatic heterocycles. The third-order valence-electron chi connectivity index (χ3n) is 5.19. The van der Waals surface area contributed by atoms with E-state index in [4.69, 9.17) is 4.74 Å². The Balaban J connectivity index is 1.92. The van der Waals surface area contributed by atoms with Crippen LogP contribution in [0.4, 0.5) is 13.2 Å². The van der Waals surface area contributed by atoms with Gasteiger partial charge in [0.15, 0.2) is 14.9 Å². The number of halogens is 3. The van der Waals surface area contributed by atoms with E-state index >= 15 is 0 Å². The van der Waals surface area contributed by atoms with Crippen molar-refractivity contribution in [3.05, 3.63) is 53.7 Å². The Morgan fingerprint density at radius 3 is 2.27 bits per heavy atom. The van der Waals surface area contributed by atoms with Gasteiger partial charge in [0.1, 0.15) is 5.69 Å². The Kier molecular flexibility index (Phi) is 5.76. The van der Waals surface area contributed by atoms with E-state index in [0.717, 1.165) is 24.5 Å². The molecule has 2 unspecified atom stereocenters. The van der Waals surface area contributed by atoms with Gasteiger partial charge in [0, 0.05) is 12.9 Å². The lowest BCUT2D eigenvalue weighted by Crippen LogP contribution is -2.42. The second kappa shape index (κ2) is 7.61. The molecule has 1 fully saturated rings. The summed E-state index contributed by atoms with van der Waals surface area (Å²) < 4.78 is 92.8. The maximum atomic E-state index is 13.2. The van der Waals surface area contributed by atoms with Gasteiger partial charge in [0.25, 0.3) is 0 Å². The van der Waals surface area contributed by atoms with Gasteiger partial charge in [0.2, 0.25) is 9.84 Å². The van der Waals surface area contributed by atoms with Crippen LogP contribution in [-0.4, -0.2) is 39.4 Å². The lowest BCUT2D eigenvalue weighted by molar-refractivity contribution is -0.141. The van der Waals surface area contributed by atoms with Crippen LogP contribution in [0.2, 0.25) is 0 Å².